The molecule has 0 radical (unpaired) electrons. The van der Waals surface area contributed by atoms with E-state index in [1.807, 2.05) is 48.5 Å². The lowest BCUT2D eigenvalue weighted by molar-refractivity contribution is -0.141. The van der Waals surface area contributed by atoms with Gasteiger partial charge in [-0.2, -0.15) is 0 Å². The Morgan fingerprint density at radius 3 is 2.31 bits per heavy atom. The SMILES string of the molecule is COc1ccccc1C(C)(C)C(=O)NCC(Cc1ccccc1)C(=O)O. The molecule has 2 aromatic rings. The molecule has 0 spiro atoms. The molecule has 5 heteroatoms. The monoisotopic (exact) mass is 355 g/mol. The topological polar surface area (TPSA) is 75.6 Å². The van der Waals surface area contributed by atoms with Gasteiger partial charge in [0.05, 0.1) is 18.4 Å². The van der Waals surface area contributed by atoms with Crippen LogP contribution in [0.25, 0.3) is 0 Å². The summed E-state index contributed by atoms with van der Waals surface area (Å²) in [4.78, 5) is 24.3. The van der Waals surface area contributed by atoms with Gasteiger partial charge in [-0.05, 0) is 31.9 Å². The van der Waals surface area contributed by atoms with Gasteiger partial charge in [-0.25, -0.2) is 0 Å². The fourth-order valence-electron chi connectivity index (χ4n) is 2.87. The molecule has 1 amide bonds. The minimum atomic E-state index is -0.927. The Balaban J connectivity index is 2.08. The molecule has 0 saturated carbocycles. The lowest BCUT2D eigenvalue weighted by atomic mass is 9.83. The number of aliphatic carboxylic acids is 1. The lowest BCUT2D eigenvalue weighted by Gasteiger charge is -2.26. The molecule has 2 N–H and O–H groups in total. The average Bonchev–Trinajstić information content (AvgIpc) is 2.65. The highest BCUT2D eigenvalue weighted by Crippen LogP contribution is 2.31. The van der Waals surface area contributed by atoms with Crippen LogP contribution in [0.2, 0.25) is 0 Å². The van der Waals surface area contributed by atoms with Gasteiger partial charge in [0.1, 0.15) is 5.75 Å². The molecule has 0 fully saturated rings. The van der Waals surface area contributed by atoms with E-state index in [9.17, 15) is 14.7 Å². The maximum absolute atomic E-state index is 12.8. The molecule has 1 unspecified atom stereocenters. The molecule has 0 bridgehead atoms. The number of benzene rings is 2. The number of ether oxygens (including phenoxy) is 1. The number of nitrogens with one attached hydrogen (secondary N) is 1. The molecule has 138 valence electrons. The van der Waals surface area contributed by atoms with Gasteiger partial charge in [0.2, 0.25) is 5.91 Å². The van der Waals surface area contributed by atoms with E-state index in [1.165, 1.54) is 0 Å². The van der Waals surface area contributed by atoms with Crippen LogP contribution < -0.4 is 10.1 Å². The number of carboxylic acid groups (broad SMARTS) is 1. The highest BCUT2D eigenvalue weighted by molar-refractivity contribution is 5.88. The van der Waals surface area contributed by atoms with Crippen LogP contribution in [0.1, 0.15) is 25.0 Å². The predicted octanol–water partition coefficient (Wildman–Crippen LogP) is 3.03. The zero-order chi connectivity index (χ0) is 19.2. The first kappa shape index (κ1) is 19.5. The predicted molar refractivity (Wildman–Crippen MR) is 100 cm³/mol. The van der Waals surface area contributed by atoms with Crippen molar-refractivity contribution in [2.45, 2.75) is 25.7 Å². The second-order valence-electron chi connectivity index (χ2n) is 6.76. The van der Waals surface area contributed by atoms with Crippen LogP contribution in [0.3, 0.4) is 0 Å². The number of para-hydroxylation sites is 1. The summed E-state index contributed by atoms with van der Waals surface area (Å²) in [5, 5.41) is 12.3. The number of carbonyl (C=O) groups is 2. The first-order valence-corrected chi connectivity index (χ1v) is 8.54. The van der Waals surface area contributed by atoms with Crippen molar-refractivity contribution in [1.29, 1.82) is 0 Å². The van der Waals surface area contributed by atoms with Crippen LogP contribution in [0, 0.1) is 5.92 Å². The summed E-state index contributed by atoms with van der Waals surface area (Å²) in [5.41, 5.74) is 0.843. The Bertz CT molecular complexity index is 756. The molecule has 0 aliphatic heterocycles. The van der Waals surface area contributed by atoms with E-state index in [-0.39, 0.29) is 12.5 Å². The molecule has 26 heavy (non-hydrogen) atoms. The molecule has 5 nitrogen and oxygen atoms in total. The molecule has 0 heterocycles. The molecule has 0 aliphatic rings. The van der Waals surface area contributed by atoms with Crippen LogP contribution >= 0.6 is 0 Å². The highest BCUT2D eigenvalue weighted by Gasteiger charge is 2.33. The summed E-state index contributed by atoms with van der Waals surface area (Å²) in [6, 6.07) is 16.7. The molecule has 0 saturated heterocycles. The zero-order valence-electron chi connectivity index (χ0n) is 15.4. The van der Waals surface area contributed by atoms with Gasteiger partial charge in [0.25, 0.3) is 0 Å². The Hall–Kier alpha value is -2.82. The van der Waals surface area contributed by atoms with E-state index in [2.05, 4.69) is 5.32 Å². The Morgan fingerprint density at radius 2 is 1.69 bits per heavy atom. The maximum atomic E-state index is 12.8. The Kier molecular flexibility index (Phi) is 6.39. The summed E-state index contributed by atoms with van der Waals surface area (Å²) in [6.07, 6.45) is 0.367. The Labute approximate surface area is 154 Å². The molecular formula is C21H25NO4. The van der Waals surface area contributed by atoms with Gasteiger partial charge in [-0.1, -0.05) is 48.5 Å². The van der Waals surface area contributed by atoms with Crippen molar-refractivity contribution >= 4 is 11.9 Å². The van der Waals surface area contributed by atoms with Crippen molar-refractivity contribution in [2.24, 2.45) is 5.92 Å². The first-order valence-electron chi connectivity index (χ1n) is 8.54. The first-order chi connectivity index (χ1) is 12.4. The second kappa shape index (κ2) is 8.52. The number of methoxy groups -OCH3 is 1. The van der Waals surface area contributed by atoms with E-state index in [4.69, 9.17) is 4.74 Å². The van der Waals surface area contributed by atoms with Crippen molar-refractivity contribution in [3.63, 3.8) is 0 Å². The van der Waals surface area contributed by atoms with Gasteiger partial charge in [-0.3, -0.25) is 9.59 Å². The summed E-state index contributed by atoms with van der Waals surface area (Å²) in [5.74, 6) is -1.22. The van der Waals surface area contributed by atoms with Crippen molar-refractivity contribution in [3.8, 4) is 5.75 Å². The summed E-state index contributed by atoms with van der Waals surface area (Å²) in [7, 11) is 1.56. The zero-order valence-corrected chi connectivity index (χ0v) is 15.4. The molecule has 0 aliphatic carbocycles. The number of carbonyl (C=O) groups excluding carboxylic acids is 1. The summed E-state index contributed by atoms with van der Waals surface area (Å²) >= 11 is 0. The third-order valence-corrected chi connectivity index (χ3v) is 4.53. The third kappa shape index (κ3) is 4.63. The van der Waals surface area contributed by atoms with Crippen molar-refractivity contribution < 1.29 is 19.4 Å². The number of hydrogen-bond acceptors (Lipinski definition) is 3. The van der Waals surface area contributed by atoms with Crippen molar-refractivity contribution in [1.82, 2.24) is 5.32 Å². The standard InChI is InChI=1S/C21H25NO4/c1-21(2,17-11-7-8-12-18(17)26-3)20(25)22-14-16(19(23)24)13-15-9-5-4-6-10-15/h4-12,16H,13-14H2,1-3H3,(H,22,25)(H,23,24). The minimum Gasteiger partial charge on any atom is -0.496 e. The molecular weight excluding hydrogens is 330 g/mol. The van der Waals surface area contributed by atoms with Gasteiger partial charge < -0.3 is 15.2 Å². The smallest absolute Gasteiger partial charge is 0.308 e. The third-order valence-electron chi connectivity index (χ3n) is 4.53. The van der Waals surface area contributed by atoms with E-state index >= 15 is 0 Å². The number of hydrogen-bond donors (Lipinski definition) is 2. The van der Waals surface area contributed by atoms with Crippen molar-refractivity contribution in [2.75, 3.05) is 13.7 Å². The number of carboxylic acids is 1. The van der Waals surface area contributed by atoms with Gasteiger partial charge in [0.15, 0.2) is 0 Å². The average molecular weight is 355 g/mol. The highest BCUT2D eigenvalue weighted by atomic mass is 16.5. The minimum absolute atomic E-state index is 0.0711. The van der Waals surface area contributed by atoms with E-state index in [0.717, 1.165) is 11.1 Å². The van der Waals surface area contributed by atoms with Crippen LogP contribution in [0.15, 0.2) is 54.6 Å². The maximum Gasteiger partial charge on any atom is 0.308 e. The molecule has 2 aromatic carbocycles. The van der Waals surface area contributed by atoms with E-state index in [0.29, 0.717) is 12.2 Å². The van der Waals surface area contributed by atoms with E-state index in [1.54, 1.807) is 27.0 Å². The quantitative estimate of drug-likeness (QED) is 0.763. The number of amides is 1. The fourth-order valence-corrected chi connectivity index (χ4v) is 2.87. The summed E-state index contributed by atoms with van der Waals surface area (Å²) in [6.45, 7) is 3.67. The van der Waals surface area contributed by atoms with E-state index < -0.39 is 17.3 Å². The van der Waals surface area contributed by atoms with Crippen LogP contribution in [0.4, 0.5) is 0 Å². The van der Waals surface area contributed by atoms with Gasteiger partial charge in [-0.15, -0.1) is 0 Å². The molecule has 1 atom stereocenters. The summed E-state index contributed by atoms with van der Waals surface area (Å²) < 4.78 is 5.35. The second-order valence-corrected chi connectivity index (χ2v) is 6.76. The van der Waals surface area contributed by atoms with Gasteiger partial charge >= 0.3 is 5.97 Å². The molecule has 2 rings (SSSR count). The molecule has 0 aromatic heterocycles. The van der Waals surface area contributed by atoms with Crippen LogP contribution in [-0.4, -0.2) is 30.6 Å². The Morgan fingerprint density at radius 1 is 1.08 bits per heavy atom. The van der Waals surface area contributed by atoms with Crippen molar-refractivity contribution in [3.05, 3.63) is 65.7 Å². The van der Waals surface area contributed by atoms with Crippen LogP contribution in [-0.2, 0) is 21.4 Å². The normalized spacial score (nSPS) is 12.3. The lowest BCUT2D eigenvalue weighted by Crippen LogP contribution is -2.43. The largest absolute Gasteiger partial charge is 0.496 e. The van der Waals surface area contributed by atoms with Crippen LogP contribution in [0.5, 0.6) is 5.75 Å². The fraction of sp³-hybridized carbons (Fsp3) is 0.333. The van der Waals surface area contributed by atoms with Gasteiger partial charge in [0, 0.05) is 12.1 Å². The number of rotatable bonds is 8.